The smallest absolute Gasteiger partial charge is 0.321 e. The highest BCUT2D eigenvalue weighted by Gasteiger charge is 2.21. The number of hydrogen-bond acceptors (Lipinski definition) is 4. The van der Waals surface area contributed by atoms with Crippen molar-refractivity contribution in [1.29, 1.82) is 0 Å². The first-order chi connectivity index (χ1) is 6.09. The van der Waals surface area contributed by atoms with Crippen LogP contribution in [0.15, 0.2) is 0 Å². The molecule has 0 aromatic heterocycles. The van der Waals surface area contributed by atoms with Gasteiger partial charge in [0.05, 0.1) is 0 Å². The quantitative estimate of drug-likeness (QED) is 0.517. The molecule has 1 saturated heterocycles. The molecule has 0 spiro atoms. The molecule has 5 heteroatoms. The predicted molar refractivity (Wildman–Crippen MR) is 49.3 cm³/mol. The van der Waals surface area contributed by atoms with Crippen molar-refractivity contribution in [1.82, 2.24) is 4.90 Å². The number of likely N-dealkylation sites (tertiary alicyclic amines) is 1. The number of rotatable bonds is 3. The summed E-state index contributed by atoms with van der Waals surface area (Å²) >= 11 is 0. The Balaban J connectivity index is 2.31. The van der Waals surface area contributed by atoms with Crippen molar-refractivity contribution in [3.63, 3.8) is 0 Å². The van der Waals surface area contributed by atoms with Crippen LogP contribution in [0.1, 0.15) is 12.8 Å². The van der Waals surface area contributed by atoms with Crippen molar-refractivity contribution in [3.8, 4) is 0 Å². The maximum atomic E-state index is 10.5. The zero-order valence-corrected chi connectivity index (χ0v) is 7.65. The number of hydrogen-bond donors (Lipinski definition) is 3. The summed E-state index contributed by atoms with van der Waals surface area (Å²) in [7, 11) is 0. The Hall–Kier alpha value is -0.650. The first kappa shape index (κ1) is 10.4. The third kappa shape index (κ3) is 3.30. The number of carbonyl (C=O) groups is 1. The Labute approximate surface area is 77.7 Å². The number of carboxylic acids is 1. The van der Waals surface area contributed by atoms with E-state index in [0.29, 0.717) is 6.54 Å². The maximum absolute atomic E-state index is 10.5. The van der Waals surface area contributed by atoms with Gasteiger partial charge < -0.3 is 16.6 Å². The van der Waals surface area contributed by atoms with E-state index < -0.39 is 12.0 Å². The number of aliphatic carboxylic acids is 1. The molecule has 5 N–H and O–H groups in total. The molecule has 2 unspecified atom stereocenters. The highest BCUT2D eigenvalue weighted by Crippen LogP contribution is 2.07. The molecule has 5 nitrogen and oxygen atoms in total. The molecule has 1 aliphatic heterocycles. The Morgan fingerprint density at radius 1 is 1.69 bits per heavy atom. The molecule has 0 radical (unpaired) electrons. The second-order valence-corrected chi connectivity index (χ2v) is 3.61. The number of carboxylic acid groups (broad SMARTS) is 1. The molecule has 1 fully saturated rings. The lowest BCUT2D eigenvalue weighted by Gasteiger charge is -2.31. The lowest BCUT2D eigenvalue weighted by atomic mass is 10.1. The van der Waals surface area contributed by atoms with Crippen molar-refractivity contribution in [3.05, 3.63) is 0 Å². The number of piperidine rings is 1. The SMILES string of the molecule is NC1CCCN(CC(N)C(=O)O)C1. The van der Waals surface area contributed by atoms with E-state index in [1.54, 1.807) is 0 Å². The summed E-state index contributed by atoms with van der Waals surface area (Å²) in [6.07, 6.45) is 2.06. The van der Waals surface area contributed by atoms with Gasteiger partial charge in [-0.25, -0.2) is 0 Å². The zero-order valence-electron chi connectivity index (χ0n) is 7.65. The van der Waals surface area contributed by atoms with Crippen LogP contribution in [-0.4, -0.2) is 47.7 Å². The minimum Gasteiger partial charge on any atom is -0.480 e. The van der Waals surface area contributed by atoms with Crippen molar-refractivity contribution < 1.29 is 9.90 Å². The van der Waals surface area contributed by atoms with Gasteiger partial charge >= 0.3 is 5.97 Å². The van der Waals surface area contributed by atoms with Crippen molar-refractivity contribution in [2.24, 2.45) is 11.5 Å². The molecule has 1 heterocycles. The van der Waals surface area contributed by atoms with Crippen molar-refractivity contribution in [2.75, 3.05) is 19.6 Å². The molecule has 0 bridgehead atoms. The standard InChI is InChI=1S/C8H17N3O2/c9-6-2-1-3-11(4-6)5-7(10)8(12)13/h6-7H,1-5,9-10H2,(H,12,13). The monoisotopic (exact) mass is 187 g/mol. The summed E-state index contributed by atoms with van der Waals surface area (Å²) in [5.41, 5.74) is 11.2. The van der Waals surface area contributed by atoms with Gasteiger partial charge in [-0.15, -0.1) is 0 Å². The van der Waals surface area contributed by atoms with E-state index in [4.69, 9.17) is 16.6 Å². The van der Waals surface area contributed by atoms with Crippen LogP contribution in [0.25, 0.3) is 0 Å². The summed E-state index contributed by atoms with van der Waals surface area (Å²) in [5.74, 6) is -0.945. The minimum atomic E-state index is -0.945. The molecule has 13 heavy (non-hydrogen) atoms. The average molecular weight is 187 g/mol. The topological polar surface area (TPSA) is 92.6 Å². The van der Waals surface area contributed by atoms with Gasteiger partial charge in [0, 0.05) is 19.1 Å². The molecule has 0 aliphatic carbocycles. The van der Waals surface area contributed by atoms with Gasteiger partial charge in [-0.1, -0.05) is 0 Å². The predicted octanol–water partition coefficient (Wildman–Crippen LogP) is -1.18. The second kappa shape index (κ2) is 4.55. The normalized spacial score (nSPS) is 27.1. The van der Waals surface area contributed by atoms with Crippen LogP contribution in [0.4, 0.5) is 0 Å². The molecule has 1 rings (SSSR count). The minimum absolute atomic E-state index is 0.176. The highest BCUT2D eigenvalue weighted by atomic mass is 16.4. The van der Waals surface area contributed by atoms with E-state index in [-0.39, 0.29) is 6.04 Å². The van der Waals surface area contributed by atoms with Crippen LogP contribution < -0.4 is 11.5 Å². The molecule has 0 aromatic rings. The third-order valence-electron chi connectivity index (χ3n) is 2.31. The first-order valence-electron chi connectivity index (χ1n) is 4.56. The molecule has 76 valence electrons. The largest absolute Gasteiger partial charge is 0.480 e. The van der Waals surface area contributed by atoms with Gasteiger partial charge in [-0.05, 0) is 19.4 Å². The van der Waals surface area contributed by atoms with Crippen LogP contribution in [0.5, 0.6) is 0 Å². The van der Waals surface area contributed by atoms with Crippen LogP contribution in [0.2, 0.25) is 0 Å². The molecule has 0 aromatic carbocycles. The van der Waals surface area contributed by atoms with Crippen LogP contribution in [0.3, 0.4) is 0 Å². The fourth-order valence-electron chi connectivity index (χ4n) is 1.61. The molecule has 1 aliphatic rings. The Kier molecular flexibility index (Phi) is 3.65. The third-order valence-corrected chi connectivity index (χ3v) is 2.31. The molecule has 0 saturated carbocycles. The molecular formula is C8H17N3O2. The number of nitrogens with zero attached hydrogens (tertiary/aromatic N) is 1. The first-order valence-corrected chi connectivity index (χ1v) is 4.56. The molecular weight excluding hydrogens is 170 g/mol. The molecule has 2 atom stereocenters. The number of nitrogens with two attached hydrogens (primary N) is 2. The lowest BCUT2D eigenvalue weighted by Crippen LogP contribution is -2.49. The summed E-state index contributed by atoms with van der Waals surface area (Å²) in [6.45, 7) is 2.08. The summed E-state index contributed by atoms with van der Waals surface area (Å²) in [5, 5.41) is 8.60. The van der Waals surface area contributed by atoms with Crippen molar-refractivity contribution in [2.45, 2.75) is 24.9 Å². The summed E-state index contributed by atoms with van der Waals surface area (Å²) in [6, 6.07) is -0.611. The van der Waals surface area contributed by atoms with Gasteiger partial charge in [-0.2, -0.15) is 0 Å². The second-order valence-electron chi connectivity index (χ2n) is 3.61. The van der Waals surface area contributed by atoms with Gasteiger partial charge in [0.15, 0.2) is 0 Å². The van der Waals surface area contributed by atoms with Crippen LogP contribution >= 0.6 is 0 Å². The van der Waals surface area contributed by atoms with Gasteiger partial charge in [-0.3, -0.25) is 9.69 Å². The van der Waals surface area contributed by atoms with Gasteiger partial charge in [0.2, 0.25) is 0 Å². The molecule has 0 amide bonds. The average Bonchev–Trinajstić information content (AvgIpc) is 2.04. The van der Waals surface area contributed by atoms with E-state index in [2.05, 4.69) is 0 Å². The lowest BCUT2D eigenvalue weighted by molar-refractivity contribution is -0.139. The van der Waals surface area contributed by atoms with E-state index in [0.717, 1.165) is 25.9 Å². The highest BCUT2D eigenvalue weighted by molar-refractivity contribution is 5.73. The fraction of sp³-hybridized carbons (Fsp3) is 0.875. The Morgan fingerprint density at radius 3 is 2.92 bits per heavy atom. The van der Waals surface area contributed by atoms with E-state index in [1.165, 1.54) is 0 Å². The zero-order chi connectivity index (χ0) is 9.84. The van der Waals surface area contributed by atoms with Gasteiger partial charge in [0.25, 0.3) is 0 Å². The van der Waals surface area contributed by atoms with E-state index >= 15 is 0 Å². The van der Waals surface area contributed by atoms with E-state index in [9.17, 15) is 4.79 Å². The summed E-state index contributed by atoms with van der Waals surface area (Å²) < 4.78 is 0. The Bertz CT molecular complexity index is 186. The van der Waals surface area contributed by atoms with Gasteiger partial charge in [0.1, 0.15) is 6.04 Å². The van der Waals surface area contributed by atoms with E-state index in [1.807, 2.05) is 4.90 Å². The van der Waals surface area contributed by atoms with Crippen molar-refractivity contribution >= 4 is 5.97 Å². The summed E-state index contributed by atoms with van der Waals surface area (Å²) in [4.78, 5) is 12.5. The maximum Gasteiger partial charge on any atom is 0.321 e. The van der Waals surface area contributed by atoms with Crippen LogP contribution in [0, 0.1) is 0 Å². The Morgan fingerprint density at radius 2 is 2.38 bits per heavy atom. The van der Waals surface area contributed by atoms with Crippen LogP contribution in [-0.2, 0) is 4.79 Å². The fourth-order valence-corrected chi connectivity index (χ4v) is 1.61.